The van der Waals surface area contributed by atoms with Crippen LogP contribution in [-0.2, 0) is 6.18 Å². The van der Waals surface area contributed by atoms with E-state index < -0.39 is 153 Å². The van der Waals surface area contributed by atoms with Crippen molar-refractivity contribution in [3.63, 3.8) is 0 Å². The Bertz CT molecular complexity index is 3990. The second-order valence-electron chi connectivity index (χ2n) is 24.6. The number of hydrogen-bond acceptors (Lipinski definition) is 1. The van der Waals surface area contributed by atoms with Crippen molar-refractivity contribution in [2.24, 2.45) is 0 Å². The Hall–Kier alpha value is -8.45. The van der Waals surface area contributed by atoms with Crippen LogP contribution in [0.5, 0.6) is 0 Å². The number of fused-ring (bicyclic) bond motifs is 1. The Kier molecular flexibility index (Phi) is 31.6. The van der Waals surface area contributed by atoms with Crippen LogP contribution in [0.15, 0.2) is 140 Å². The van der Waals surface area contributed by atoms with Gasteiger partial charge in [-0.3, -0.25) is 0 Å². The summed E-state index contributed by atoms with van der Waals surface area (Å²) in [5, 5.41) is 13.1. The van der Waals surface area contributed by atoms with E-state index in [1.807, 2.05) is 44.2 Å². The minimum Gasteiger partial charge on any atom is -0.207 e. The average molecular weight is 1410 g/mol. The first kappa shape index (κ1) is 83.8. The fraction of sp³-hybridized carbons (Fsp3) is 0.303. The third kappa shape index (κ3) is 21.3. The van der Waals surface area contributed by atoms with E-state index >= 15 is 0 Å². The second kappa shape index (κ2) is 36.9. The van der Waals surface area contributed by atoms with Gasteiger partial charge >= 0.3 is 6.18 Å². The van der Waals surface area contributed by atoms with Crippen molar-refractivity contribution < 1.29 is 87.8 Å². The zero-order valence-electron chi connectivity index (χ0n) is 56.3. The van der Waals surface area contributed by atoms with Gasteiger partial charge in [0, 0.05) is 45.8 Å². The molecule has 0 aliphatic heterocycles. The Morgan fingerprint density at radius 1 is 0.327 bits per heavy atom. The van der Waals surface area contributed by atoms with Crippen LogP contribution in [0.4, 0.5) is 87.8 Å². The van der Waals surface area contributed by atoms with Crippen LogP contribution >= 0.6 is 0 Å². The molecule has 0 spiro atoms. The summed E-state index contributed by atoms with van der Waals surface area (Å²) >= 11 is 0. The normalized spacial score (nSPS) is 11.2. The lowest BCUT2D eigenvalue weighted by molar-refractivity contribution is -0.137. The molecular weight excluding hydrogens is 1330 g/mol. The summed E-state index contributed by atoms with van der Waals surface area (Å²) in [6.07, 6.45) is -4.23. The minimum absolute atomic E-state index is 0.0589. The van der Waals surface area contributed by atoms with E-state index in [0.717, 1.165) is 28.5 Å². The molecule has 9 rings (SSSR count). The molecule has 9 aromatic rings. The van der Waals surface area contributed by atoms with E-state index in [1.165, 1.54) is 69.6 Å². The molecule has 0 amide bonds. The van der Waals surface area contributed by atoms with E-state index in [-0.39, 0.29) is 29.3 Å². The Morgan fingerprint density at radius 2 is 0.694 bits per heavy atom. The van der Waals surface area contributed by atoms with Gasteiger partial charge in [-0.05, 0) is 69.7 Å². The van der Waals surface area contributed by atoms with Gasteiger partial charge in [-0.15, -0.1) is 0 Å². The van der Waals surface area contributed by atoms with Crippen molar-refractivity contribution >= 4 is 29.2 Å². The van der Waals surface area contributed by atoms with Crippen molar-refractivity contribution in [2.45, 2.75) is 151 Å². The number of hydrogen-bond donors (Lipinski definition) is 0. The van der Waals surface area contributed by atoms with Crippen LogP contribution < -0.4 is 10.4 Å². The fourth-order valence-corrected chi connectivity index (χ4v) is 13.3. The van der Waals surface area contributed by atoms with E-state index in [0.29, 0.717) is 23.6 Å². The molecule has 0 unspecified atom stereocenters. The molecule has 0 radical (unpaired) electrons. The molecule has 0 aromatic heterocycles. The Labute approximate surface area is 559 Å². The first-order valence-corrected chi connectivity index (χ1v) is 33.3. The highest BCUT2D eigenvalue weighted by Gasteiger charge is 2.35. The summed E-state index contributed by atoms with van der Waals surface area (Å²) < 4.78 is 255. The SMILES string of the molecule is CC(C)[Si](C)(c1ccccc1)c1ccccc1.CC(C)c1c(F)c(F)c(C#N)c(F)c1F.CC(C)c1c(F)c(F)c(F)c(F)c1F.CC(C)c1c(F)c(F)cc(F)c1F.CC(C)c1c(F)cc(F)cc1F.CC(C)c1ccc(F)c2ccccc12.CC(C)c1cccc(C(F)(F)F)c1. The fourth-order valence-electron chi connectivity index (χ4n) is 9.85. The monoisotopic (exact) mass is 1410 g/mol. The largest absolute Gasteiger partial charge is 0.416 e. The molecule has 0 fully saturated rings. The van der Waals surface area contributed by atoms with Crippen LogP contribution in [0, 0.1) is 110 Å². The Morgan fingerprint density at radius 3 is 1.05 bits per heavy atom. The molecule has 0 atom stereocenters. The van der Waals surface area contributed by atoms with Gasteiger partial charge in [0.25, 0.3) is 0 Å². The predicted octanol–water partition coefficient (Wildman–Crippen LogP) is 24.6. The third-order valence-corrected chi connectivity index (χ3v) is 20.8. The maximum Gasteiger partial charge on any atom is 0.416 e. The highest BCUT2D eigenvalue weighted by molar-refractivity contribution is 7.02. The average Bonchev–Trinajstić information content (AvgIpc) is 0.796. The van der Waals surface area contributed by atoms with Gasteiger partial charge in [-0.25, -0.2) is 74.6 Å². The van der Waals surface area contributed by atoms with Gasteiger partial charge < -0.3 is 0 Å². The molecule has 528 valence electrons. The summed E-state index contributed by atoms with van der Waals surface area (Å²) in [4.78, 5) is 0. The number of alkyl halides is 3. The lowest BCUT2D eigenvalue weighted by Gasteiger charge is -2.32. The minimum atomic E-state index is -4.23. The molecular formula is C76H75F20NSi. The quantitative estimate of drug-likeness (QED) is 0.0611. The summed E-state index contributed by atoms with van der Waals surface area (Å²) in [5.41, 5.74) is -1.23. The van der Waals surface area contributed by atoms with Gasteiger partial charge in [-0.1, -0.05) is 223 Å². The summed E-state index contributed by atoms with van der Waals surface area (Å²) in [5.74, 6) is -25.5. The van der Waals surface area contributed by atoms with E-state index in [4.69, 9.17) is 5.26 Å². The topological polar surface area (TPSA) is 23.8 Å². The van der Waals surface area contributed by atoms with Crippen molar-refractivity contribution in [3.8, 4) is 6.07 Å². The lowest BCUT2D eigenvalue weighted by Crippen LogP contribution is -2.57. The molecule has 0 heterocycles. The highest BCUT2D eigenvalue weighted by atomic mass is 28.3. The van der Waals surface area contributed by atoms with Crippen LogP contribution in [-0.4, -0.2) is 8.07 Å². The first-order valence-electron chi connectivity index (χ1n) is 30.7. The zero-order valence-corrected chi connectivity index (χ0v) is 57.3. The van der Waals surface area contributed by atoms with Crippen molar-refractivity contribution in [1.82, 2.24) is 0 Å². The molecule has 0 bridgehead atoms. The molecule has 0 N–H and O–H groups in total. The summed E-state index contributed by atoms with van der Waals surface area (Å²) in [6.45, 7) is 26.9. The van der Waals surface area contributed by atoms with Gasteiger partial charge in [0.05, 0.1) is 5.56 Å². The van der Waals surface area contributed by atoms with E-state index in [9.17, 15) is 87.8 Å². The predicted molar refractivity (Wildman–Crippen MR) is 349 cm³/mol. The van der Waals surface area contributed by atoms with Gasteiger partial charge in [-0.2, -0.15) is 18.4 Å². The van der Waals surface area contributed by atoms with Crippen LogP contribution in [0.2, 0.25) is 12.1 Å². The molecule has 22 heteroatoms. The summed E-state index contributed by atoms with van der Waals surface area (Å²) in [6, 6.07) is 41.2. The van der Waals surface area contributed by atoms with Crippen LogP contribution in [0.3, 0.4) is 0 Å². The molecule has 0 aliphatic carbocycles. The zero-order chi connectivity index (χ0) is 74.8. The van der Waals surface area contributed by atoms with Crippen molar-refractivity contribution in [3.05, 3.63) is 283 Å². The molecule has 98 heavy (non-hydrogen) atoms. The number of nitrogens with zero attached hydrogens (tertiary/aromatic N) is 1. The van der Waals surface area contributed by atoms with Gasteiger partial charge in [0.1, 0.15) is 43.0 Å². The van der Waals surface area contributed by atoms with E-state index in [1.54, 1.807) is 26.0 Å². The third-order valence-electron chi connectivity index (χ3n) is 15.5. The molecule has 0 saturated carbocycles. The number of halogens is 20. The molecule has 1 nitrogen and oxygen atoms in total. The first-order chi connectivity index (χ1) is 45.5. The number of rotatable bonds is 9. The van der Waals surface area contributed by atoms with Gasteiger partial charge in [0.2, 0.25) is 5.82 Å². The van der Waals surface area contributed by atoms with E-state index in [2.05, 4.69) is 94.9 Å². The number of benzene rings is 9. The molecule has 0 saturated heterocycles. The van der Waals surface area contributed by atoms with Crippen LogP contribution in [0.25, 0.3) is 10.8 Å². The van der Waals surface area contributed by atoms with Crippen molar-refractivity contribution in [2.75, 3.05) is 0 Å². The maximum absolute atomic E-state index is 13.4. The second-order valence-corrected chi connectivity index (χ2v) is 29.3. The smallest absolute Gasteiger partial charge is 0.207 e. The van der Waals surface area contributed by atoms with Gasteiger partial charge in [0.15, 0.2) is 69.8 Å². The Balaban J connectivity index is 0.000000298. The van der Waals surface area contributed by atoms with Crippen molar-refractivity contribution in [1.29, 1.82) is 5.26 Å². The standard InChI is InChI=1S/C16H20Si.C13H13F.C10H7F4N.C10H11F3.C9H7F5.C9H8F4.C9H9F3/c1-14(2)17(3,15-10-6-4-7-11-15)16-12-8-5-9-13-16;1-9(2)10-7-8-13(14)12-6-4-3-5-11(10)12;1-4(2)6-9(13)7(11)5(3-15)8(12)10(6)14;1-7(2)8-4-3-5-9(6-8)10(11,12)13;1-3(2)4-5(10)7(12)9(14)8(13)6(4)11;1-4(2)7-8(12)5(10)3-6(11)9(7)13;1-5(2)9-7(11)3-6(10)4-8(9)12/h4-14H,1-3H3;3-9H,1-2H3;4H,1-2H3;3-7H,1-2H3;3H,1-2H3;3-4H,1-2H3;3-5H,1-2H3. The molecule has 9 aromatic carbocycles. The lowest BCUT2D eigenvalue weighted by atomic mass is 9.96. The molecule has 0 aliphatic rings. The summed E-state index contributed by atoms with van der Waals surface area (Å²) in [7, 11) is -1.58. The van der Waals surface area contributed by atoms with Crippen LogP contribution in [0.1, 0.15) is 177 Å². The maximum atomic E-state index is 13.4. The highest BCUT2D eigenvalue weighted by Crippen LogP contribution is 2.34. The number of nitriles is 1.